The number of aliphatic hydroxyl groups is 1. The Kier molecular flexibility index (Phi) is 11.7. The molecule has 1 aromatic carbocycles. The molecule has 0 aliphatic rings. The van der Waals surface area contributed by atoms with Gasteiger partial charge in [0.05, 0.1) is 5.56 Å². The van der Waals surface area contributed by atoms with Crippen LogP contribution in [-0.2, 0) is 6.18 Å². The highest BCUT2D eigenvalue weighted by Crippen LogP contribution is 2.31. The maximum Gasteiger partial charge on any atom is 0.416 e. The molecule has 0 aliphatic carbocycles. The first-order valence-corrected chi connectivity index (χ1v) is 6.72. The third-order valence-corrected chi connectivity index (χ3v) is 2.44. The quantitative estimate of drug-likeness (QED) is 0.583. The summed E-state index contributed by atoms with van der Waals surface area (Å²) >= 11 is 0. The minimum atomic E-state index is -4.26. The lowest BCUT2D eigenvalue weighted by molar-refractivity contribution is -0.137. The first kappa shape index (κ1) is 24.3. The standard InChI is InChI=1S/C8H12F3N.C7H5F3.CH4O/c1-6(2)7(4-3-5-12)8(9,10)11;8-7(9,10)6-4-2-1-3-5-6;1-2/h3-6H,12H2,1-2H3;1-5H;2H,1H3/b5-3-,7-4+;;. The number of benzene rings is 1. The van der Waals surface area contributed by atoms with Crippen LogP contribution < -0.4 is 5.73 Å². The molecule has 0 aliphatic heterocycles. The van der Waals surface area contributed by atoms with Crippen LogP contribution >= 0.6 is 0 Å². The second-order valence-corrected chi connectivity index (χ2v) is 4.52. The van der Waals surface area contributed by atoms with Crippen LogP contribution in [0.15, 0.2) is 54.3 Å². The van der Waals surface area contributed by atoms with Crippen LogP contribution in [0.25, 0.3) is 0 Å². The van der Waals surface area contributed by atoms with Gasteiger partial charge in [-0.25, -0.2) is 0 Å². The van der Waals surface area contributed by atoms with Gasteiger partial charge in [-0.15, -0.1) is 0 Å². The zero-order chi connectivity index (χ0) is 19.4. The summed E-state index contributed by atoms with van der Waals surface area (Å²) in [6.07, 6.45) is -5.21. The first-order valence-electron chi connectivity index (χ1n) is 6.72. The van der Waals surface area contributed by atoms with Gasteiger partial charge in [0.2, 0.25) is 0 Å². The van der Waals surface area contributed by atoms with Crippen LogP contribution in [0.5, 0.6) is 0 Å². The molecule has 3 N–H and O–H groups in total. The van der Waals surface area contributed by atoms with Crippen molar-refractivity contribution in [2.75, 3.05) is 7.11 Å². The topological polar surface area (TPSA) is 46.2 Å². The number of hydrogen-bond donors (Lipinski definition) is 2. The maximum atomic E-state index is 12.2. The minimum absolute atomic E-state index is 0.541. The summed E-state index contributed by atoms with van der Waals surface area (Å²) in [6, 6.07) is 6.36. The van der Waals surface area contributed by atoms with Crippen LogP contribution in [-0.4, -0.2) is 18.4 Å². The number of nitrogens with two attached hydrogens (primary N) is 1. The van der Waals surface area contributed by atoms with Crippen molar-refractivity contribution in [2.24, 2.45) is 11.7 Å². The average molecular weight is 357 g/mol. The van der Waals surface area contributed by atoms with E-state index in [1.165, 1.54) is 32.1 Å². The van der Waals surface area contributed by atoms with Crippen LogP contribution in [0.3, 0.4) is 0 Å². The first-order chi connectivity index (χ1) is 11.0. The van der Waals surface area contributed by atoms with E-state index in [0.717, 1.165) is 31.5 Å². The van der Waals surface area contributed by atoms with Gasteiger partial charge in [-0.3, -0.25) is 0 Å². The fourth-order valence-corrected chi connectivity index (χ4v) is 1.40. The largest absolute Gasteiger partial charge is 0.416 e. The molecule has 1 rings (SSSR count). The number of aliphatic hydroxyl groups excluding tert-OH is 1. The van der Waals surface area contributed by atoms with E-state index >= 15 is 0 Å². The molecule has 0 aromatic heterocycles. The van der Waals surface area contributed by atoms with Gasteiger partial charge in [-0.1, -0.05) is 50.3 Å². The van der Waals surface area contributed by atoms with Gasteiger partial charge in [0.25, 0.3) is 0 Å². The number of hydrogen-bond acceptors (Lipinski definition) is 2. The molecule has 2 nitrogen and oxygen atoms in total. The molecule has 0 bridgehead atoms. The van der Waals surface area contributed by atoms with Crippen LogP contribution in [0.2, 0.25) is 0 Å². The Morgan fingerprint density at radius 2 is 1.46 bits per heavy atom. The van der Waals surface area contributed by atoms with Gasteiger partial charge >= 0.3 is 12.4 Å². The zero-order valence-electron chi connectivity index (χ0n) is 13.5. The van der Waals surface area contributed by atoms with Crippen LogP contribution in [0.1, 0.15) is 19.4 Å². The van der Waals surface area contributed by atoms with E-state index in [1.807, 2.05) is 0 Å². The Morgan fingerprint density at radius 3 is 1.71 bits per heavy atom. The van der Waals surface area contributed by atoms with Gasteiger partial charge in [-0.05, 0) is 18.2 Å². The molecule has 0 unspecified atom stereocenters. The summed E-state index contributed by atoms with van der Waals surface area (Å²) in [5.74, 6) is -0.541. The molecule has 138 valence electrons. The summed E-state index contributed by atoms with van der Waals surface area (Å²) in [5, 5.41) is 7.00. The molecule has 0 atom stereocenters. The molecule has 1 aromatic rings. The Bertz CT molecular complexity index is 490. The molecular formula is C16H21F6NO. The number of allylic oxidation sites excluding steroid dienone is 3. The molecule has 0 saturated heterocycles. The smallest absolute Gasteiger partial charge is 0.405 e. The highest BCUT2D eigenvalue weighted by molar-refractivity contribution is 5.18. The molecule has 0 radical (unpaired) electrons. The second kappa shape index (κ2) is 11.6. The molecule has 0 fully saturated rings. The molecular weight excluding hydrogens is 336 g/mol. The maximum absolute atomic E-state index is 12.2. The van der Waals surface area contributed by atoms with E-state index in [-0.39, 0.29) is 0 Å². The second-order valence-electron chi connectivity index (χ2n) is 4.52. The van der Waals surface area contributed by atoms with Crippen LogP contribution in [0.4, 0.5) is 26.3 Å². The summed E-state index contributed by atoms with van der Waals surface area (Å²) in [6.45, 7) is 2.98. The number of alkyl halides is 6. The fourth-order valence-electron chi connectivity index (χ4n) is 1.40. The van der Waals surface area contributed by atoms with Gasteiger partial charge in [-0.2, -0.15) is 26.3 Å². The normalized spacial score (nSPS) is 12.4. The van der Waals surface area contributed by atoms with E-state index in [4.69, 9.17) is 10.8 Å². The van der Waals surface area contributed by atoms with Gasteiger partial charge in [0.15, 0.2) is 0 Å². The molecule has 0 spiro atoms. The van der Waals surface area contributed by atoms with Crippen molar-refractivity contribution in [1.82, 2.24) is 0 Å². The lowest BCUT2D eigenvalue weighted by Gasteiger charge is -2.13. The predicted octanol–water partition coefficient (Wildman–Crippen LogP) is 4.92. The zero-order valence-corrected chi connectivity index (χ0v) is 13.5. The van der Waals surface area contributed by atoms with Crippen molar-refractivity contribution in [3.63, 3.8) is 0 Å². The van der Waals surface area contributed by atoms with Crippen molar-refractivity contribution < 1.29 is 31.4 Å². The van der Waals surface area contributed by atoms with Gasteiger partial charge in [0.1, 0.15) is 0 Å². The SMILES string of the molecule is CC(C)/C(=C\C=C/N)C(F)(F)F.CO.FC(F)(F)c1ccccc1. The van der Waals surface area contributed by atoms with Crippen molar-refractivity contribution in [2.45, 2.75) is 26.2 Å². The average Bonchev–Trinajstić information content (AvgIpc) is 2.49. The van der Waals surface area contributed by atoms with Crippen molar-refractivity contribution >= 4 is 0 Å². The third kappa shape index (κ3) is 10.7. The minimum Gasteiger partial charge on any atom is -0.405 e. The summed E-state index contributed by atoms with van der Waals surface area (Å²) in [7, 11) is 1.00. The van der Waals surface area contributed by atoms with E-state index in [0.29, 0.717) is 0 Å². The highest BCUT2D eigenvalue weighted by Gasteiger charge is 2.34. The lowest BCUT2D eigenvalue weighted by atomic mass is 10.0. The monoisotopic (exact) mass is 357 g/mol. The molecule has 8 heteroatoms. The van der Waals surface area contributed by atoms with Crippen molar-refractivity contribution in [3.8, 4) is 0 Å². The van der Waals surface area contributed by atoms with Gasteiger partial charge < -0.3 is 10.8 Å². The molecule has 0 heterocycles. The summed E-state index contributed by atoms with van der Waals surface area (Å²) in [5.41, 5.74) is 3.76. The molecule has 24 heavy (non-hydrogen) atoms. The Labute approximate surface area is 137 Å². The van der Waals surface area contributed by atoms with E-state index in [2.05, 4.69) is 0 Å². The number of rotatable bonds is 2. The number of halogens is 6. The Morgan fingerprint density at radius 1 is 1.00 bits per heavy atom. The van der Waals surface area contributed by atoms with Crippen molar-refractivity contribution in [3.05, 3.63) is 59.8 Å². The van der Waals surface area contributed by atoms with Crippen molar-refractivity contribution in [1.29, 1.82) is 0 Å². The lowest BCUT2D eigenvalue weighted by Crippen LogP contribution is -2.16. The van der Waals surface area contributed by atoms with Crippen LogP contribution in [0, 0.1) is 5.92 Å². The van der Waals surface area contributed by atoms with E-state index in [1.54, 1.807) is 6.07 Å². The van der Waals surface area contributed by atoms with Gasteiger partial charge in [0, 0.05) is 12.7 Å². The molecule has 0 saturated carbocycles. The summed E-state index contributed by atoms with van der Waals surface area (Å²) < 4.78 is 71.8. The molecule has 0 amide bonds. The van der Waals surface area contributed by atoms with E-state index < -0.39 is 29.4 Å². The highest BCUT2D eigenvalue weighted by atomic mass is 19.4. The fraction of sp³-hybridized carbons (Fsp3) is 0.375. The predicted molar refractivity (Wildman–Crippen MR) is 81.9 cm³/mol. The Hall–Kier alpha value is -1.96. The van der Waals surface area contributed by atoms with E-state index in [9.17, 15) is 26.3 Å². The Balaban J connectivity index is 0. The third-order valence-electron chi connectivity index (χ3n) is 2.44. The summed E-state index contributed by atoms with van der Waals surface area (Å²) in [4.78, 5) is 0.